The number of hydrogen-bond donors (Lipinski definition) is 0. The normalized spacial score (nSPS) is 11.2. The van der Waals surface area contributed by atoms with Gasteiger partial charge in [-0.15, -0.1) is 0 Å². The molecule has 0 saturated carbocycles. The van der Waals surface area contributed by atoms with Gasteiger partial charge in [0, 0.05) is 33.5 Å². The largest absolute Gasteiger partial charge is 0.310 e. The second-order valence-electron chi connectivity index (χ2n) is 12.6. The van der Waals surface area contributed by atoms with Gasteiger partial charge >= 0.3 is 0 Å². The van der Waals surface area contributed by atoms with E-state index in [-0.39, 0.29) is 0 Å². The van der Waals surface area contributed by atoms with Gasteiger partial charge < -0.3 is 9.47 Å². The van der Waals surface area contributed by atoms with E-state index in [1.54, 1.807) is 0 Å². The van der Waals surface area contributed by atoms with Gasteiger partial charge in [0.1, 0.15) is 0 Å². The third kappa shape index (κ3) is 5.34. The van der Waals surface area contributed by atoms with Crippen LogP contribution >= 0.6 is 0 Å². The van der Waals surface area contributed by atoms with Crippen LogP contribution in [0, 0.1) is 0 Å². The van der Waals surface area contributed by atoms with E-state index in [0.29, 0.717) is 0 Å². The summed E-state index contributed by atoms with van der Waals surface area (Å²) in [5.41, 5.74) is 14.1. The van der Waals surface area contributed by atoms with E-state index in [0.717, 1.165) is 22.7 Å². The second-order valence-corrected chi connectivity index (χ2v) is 12.6. The maximum Gasteiger partial charge on any atom is 0.0547 e. The Bertz CT molecular complexity index is 2580. The Morgan fingerprint density at radius 2 is 0.800 bits per heavy atom. The molecule has 0 saturated heterocycles. The molecule has 1 aromatic heterocycles. The number of nitrogens with zero attached hydrogens (tertiary/aromatic N) is 2. The first-order valence-corrected chi connectivity index (χ1v) is 17.1. The molecule has 2 nitrogen and oxygen atoms in total. The predicted octanol–water partition coefficient (Wildman–Crippen LogP) is 13.3. The quantitative estimate of drug-likeness (QED) is 0.169. The summed E-state index contributed by atoms with van der Waals surface area (Å²) >= 11 is 0. The average Bonchev–Trinajstić information content (AvgIpc) is 3.53. The number of para-hydroxylation sites is 3. The van der Waals surface area contributed by atoms with Crippen LogP contribution in [0.4, 0.5) is 17.1 Å². The van der Waals surface area contributed by atoms with Gasteiger partial charge in [-0.05, 0) is 94.0 Å². The number of hydrogen-bond acceptors (Lipinski definition) is 1. The van der Waals surface area contributed by atoms with Crippen LogP contribution in [0.1, 0.15) is 0 Å². The van der Waals surface area contributed by atoms with Crippen LogP contribution in [-0.4, -0.2) is 4.57 Å². The number of rotatable bonds is 7. The minimum Gasteiger partial charge on any atom is -0.310 e. The van der Waals surface area contributed by atoms with Crippen molar-refractivity contribution in [3.8, 4) is 39.1 Å². The Balaban J connectivity index is 1.18. The SMILES string of the molecule is c1ccc(-c2cccc(N(c3ccccc3)c3cccc(-c4ccccc4-c4ccc5c6ccccc6n(-c6ccccc6)c5c4)c3)c2)cc1. The van der Waals surface area contributed by atoms with Gasteiger partial charge in [-0.3, -0.25) is 0 Å². The van der Waals surface area contributed by atoms with Crippen LogP contribution in [0.3, 0.4) is 0 Å². The molecule has 0 N–H and O–H groups in total. The molecule has 1 heterocycles. The Labute approximate surface area is 292 Å². The van der Waals surface area contributed by atoms with Gasteiger partial charge in [0.2, 0.25) is 0 Å². The Hall–Kier alpha value is -6.64. The molecule has 0 fully saturated rings. The third-order valence-corrected chi connectivity index (χ3v) is 9.57. The lowest BCUT2D eigenvalue weighted by atomic mass is 9.93. The van der Waals surface area contributed by atoms with E-state index < -0.39 is 0 Å². The van der Waals surface area contributed by atoms with E-state index in [1.807, 2.05) is 0 Å². The monoisotopic (exact) mass is 638 g/mol. The second kappa shape index (κ2) is 12.8. The van der Waals surface area contributed by atoms with Gasteiger partial charge in [-0.2, -0.15) is 0 Å². The zero-order valence-electron chi connectivity index (χ0n) is 27.5. The van der Waals surface area contributed by atoms with Crippen LogP contribution < -0.4 is 4.90 Å². The van der Waals surface area contributed by atoms with Crippen molar-refractivity contribution in [2.24, 2.45) is 0 Å². The molecule has 0 amide bonds. The highest BCUT2D eigenvalue weighted by atomic mass is 15.1. The molecule has 0 aliphatic heterocycles. The maximum atomic E-state index is 2.39. The average molecular weight is 639 g/mol. The van der Waals surface area contributed by atoms with Crippen molar-refractivity contribution in [3.05, 3.63) is 206 Å². The van der Waals surface area contributed by atoms with Gasteiger partial charge in [0.25, 0.3) is 0 Å². The molecule has 0 aliphatic carbocycles. The first-order valence-electron chi connectivity index (χ1n) is 17.1. The molecule has 0 radical (unpaired) electrons. The number of benzene rings is 8. The van der Waals surface area contributed by atoms with Crippen molar-refractivity contribution in [3.63, 3.8) is 0 Å². The maximum absolute atomic E-state index is 2.39. The van der Waals surface area contributed by atoms with Gasteiger partial charge in [-0.25, -0.2) is 0 Å². The summed E-state index contributed by atoms with van der Waals surface area (Å²) in [7, 11) is 0. The first-order chi connectivity index (χ1) is 24.8. The summed E-state index contributed by atoms with van der Waals surface area (Å²) in [5.74, 6) is 0. The molecule has 236 valence electrons. The minimum atomic E-state index is 1.10. The van der Waals surface area contributed by atoms with Crippen LogP contribution in [0.2, 0.25) is 0 Å². The molecule has 9 rings (SSSR count). The molecule has 0 spiro atoms. The molecule has 9 aromatic rings. The molecular weight excluding hydrogens is 605 g/mol. The molecule has 0 unspecified atom stereocenters. The Kier molecular flexibility index (Phi) is 7.53. The summed E-state index contributed by atoms with van der Waals surface area (Å²) in [6.45, 7) is 0. The fourth-order valence-corrected chi connectivity index (χ4v) is 7.27. The van der Waals surface area contributed by atoms with Crippen LogP contribution in [-0.2, 0) is 0 Å². The summed E-state index contributed by atoms with van der Waals surface area (Å²) in [6, 6.07) is 74.0. The molecule has 50 heavy (non-hydrogen) atoms. The van der Waals surface area contributed by atoms with Crippen molar-refractivity contribution >= 4 is 38.9 Å². The van der Waals surface area contributed by atoms with Gasteiger partial charge in [0.15, 0.2) is 0 Å². The van der Waals surface area contributed by atoms with Gasteiger partial charge in [0.05, 0.1) is 11.0 Å². The fraction of sp³-hybridized carbons (Fsp3) is 0. The lowest BCUT2D eigenvalue weighted by Gasteiger charge is -2.26. The van der Waals surface area contributed by atoms with Crippen LogP contribution in [0.15, 0.2) is 206 Å². The number of aromatic nitrogens is 1. The molecule has 0 atom stereocenters. The van der Waals surface area contributed by atoms with Crippen molar-refractivity contribution in [2.75, 3.05) is 4.90 Å². The van der Waals surface area contributed by atoms with Crippen molar-refractivity contribution in [1.82, 2.24) is 4.57 Å². The third-order valence-electron chi connectivity index (χ3n) is 9.57. The molecule has 0 aliphatic rings. The molecule has 8 aromatic carbocycles. The van der Waals surface area contributed by atoms with Crippen molar-refractivity contribution < 1.29 is 0 Å². The first kappa shape index (κ1) is 29.5. The lowest BCUT2D eigenvalue weighted by molar-refractivity contribution is 1.18. The standard InChI is InChI=1S/C48H34N2/c1-4-16-35(17-5-1)36-18-14-24-41(32-36)49(39-20-6-2-7-21-39)42-25-15-19-37(33-42)43-26-10-11-27-44(43)38-30-31-46-45-28-12-13-29-47(45)50(48(46)34-38)40-22-8-3-9-23-40/h1-34H. The van der Waals surface area contributed by atoms with Crippen molar-refractivity contribution in [2.45, 2.75) is 0 Å². The smallest absolute Gasteiger partial charge is 0.0547 e. The summed E-state index contributed by atoms with van der Waals surface area (Å²) in [6.07, 6.45) is 0. The van der Waals surface area contributed by atoms with Crippen molar-refractivity contribution in [1.29, 1.82) is 0 Å². The number of anilines is 3. The molecule has 0 bridgehead atoms. The topological polar surface area (TPSA) is 8.17 Å². The predicted molar refractivity (Wildman–Crippen MR) is 212 cm³/mol. The van der Waals surface area contributed by atoms with E-state index in [4.69, 9.17) is 0 Å². The minimum absolute atomic E-state index is 1.10. The van der Waals surface area contributed by atoms with E-state index in [2.05, 4.69) is 216 Å². The van der Waals surface area contributed by atoms with Crippen LogP contribution in [0.5, 0.6) is 0 Å². The van der Waals surface area contributed by atoms with E-state index in [1.165, 1.54) is 55.2 Å². The fourth-order valence-electron chi connectivity index (χ4n) is 7.27. The number of fused-ring (bicyclic) bond motifs is 3. The summed E-state index contributed by atoms with van der Waals surface area (Å²) in [5, 5.41) is 2.51. The van der Waals surface area contributed by atoms with E-state index >= 15 is 0 Å². The van der Waals surface area contributed by atoms with Crippen LogP contribution in [0.25, 0.3) is 60.9 Å². The molecular formula is C48H34N2. The highest BCUT2D eigenvalue weighted by Crippen LogP contribution is 2.41. The summed E-state index contributed by atoms with van der Waals surface area (Å²) in [4.78, 5) is 2.35. The molecule has 2 heteroatoms. The highest BCUT2D eigenvalue weighted by Gasteiger charge is 2.17. The zero-order valence-corrected chi connectivity index (χ0v) is 27.5. The van der Waals surface area contributed by atoms with Gasteiger partial charge in [-0.1, -0.05) is 146 Å². The summed E-state index contributed by atoms with van der Waals surface area (Å²) < 4.78 is 2.39. The highest BCUT2D eigenvalue weighted by molar-refractivity contribution is 6.10. The lowest BCUT2D eigenvalue weighted by Crippen LogP contribution is -2.10. The Morgan fingerprint density at radius 3 is 1.52 bits per heavy atom. The zero-order chi connectivity index (χ0) is 33.3. The Morgan fingerprint density at radius 1 is 0.300 bits per heavy atom. The van der Waals surface area contributed by atoms with E-state index in [9.17, 15) is 0 Å².